The maximum atomic E-state index is 14.1. The fourth-order valence-corrected chi connectivity index (χ4v) is 4.34. The molecule has 4 aromatic rings. The van der Waals surface area contributed by atoms with Crippen molar-refractivity contribution < 1.29 is 18.7 Å². The molecule has 0 unspecified atom stereocenters. The highest BCUT2D eigenvalue weighted by Crippen LogP contribution is 2.30. The summed E-state index contributed by atoms with van der Waals surface area (Å²) in [6, 6.07) is 16.7. The Hall–Kier alpha value is -4.14. The molecular formula is C29H26FN3O4. The zero-order valence-electron chi connectivity index (χ0n) is 20.2. The lowest BCUT2D eigenvalue weighted by atomic mass is 9.94. The third-order valence-corrected chi connectivity index (χ3v) is 6.23. The van der Waals surface area contributed by atoms with Crippen molar-refractivity contribution in [3.05, 3.63) is 100 Å². The van der Waals surface area contributed by atoms with Crippen LogP contribution in [-0.2, 0) is 4.74 Å². The second kappa shape index (κ2) is 11.3. The first-order valence-electron chi connectivity index (χ1n) is 12.1. The minimum absolute atomic E-state index is 0.0448. The number of aromatic nitrogens is 2. The van der Waals surface area contributed by atoms with Gasteiger partial charge < -0.3 is 14.5 Å². The Morgan fingerprint density at radius 1 is 1.11 bits per heavy atom. The smallest absolute Gasteiger partial charge is 0.260 e. The van der Waals surface area contributed by atoms with E-state index in [1.807, 2.05) is 18.2 Å². The van der Waals surface area contributed by atoms with Crippen molar-refractivity contribution in [1.29, 1.82) is 0 Å². The van der Waals surface area contributed by atoms with E-state index < -0.39 is 17.2 Å². The van der Waals surface area contributed by atoms with Crippen LogP contribution in [0.25, 0.3) is 28.1 Å². The number of carbonyl (C=O) groups excluding carboxylic acids is 1. The normalized spacial score (nSPS) is 14.3. The molecule has 0 amide bonds. The molecule has 2 aromatic heterocycles. The predicted molar refractivity (Wildman–Crippen MR) is 140 cm³/mol. The van der Waals surface area contributed by atoms with Crippen LogP contribution in [-0.4, -0.2) is 60.1 Å². The lowest BCUT2D eigenvalue weighted by Crippen LogP contribution is -2.38. The Balaban J connectivity index is 1.36. The van der Waals surface area contributed by atoms with Gasteiger partial charge in [-0.25, -0.2) is 9.37 Å². The van der Waals surface area contributed by atoms with Crippen molar-refractivity contribution in [2.75, 3.05) is 39.5 Å². The zero-order valence-corrected chi connectivity index (χ0v) is 20.2. The number of halogens is 1. The van der Waals surface area contributed by atoms with Crippen LogP contribution < -0.4 is 10.3 Å². The van der Waals surface area contributed by atoms with Gasteiger partial charge >= 0.3 is 0 Å². The molecule has 0 atom stereocenters. The molecule has 188 valence electrons. The molecule has 1 aliphatic rings. The second-order valence-electron chi connectivity index (χ2n) is 8.69. The van der Waals surface area contributed by atoms with Crippen LogP contribution in [0.2, 0.25) is 0 Å². The van der Waals surface area contributed by atoms with Crippen LogP contribution in [0.3, 0.4) is 0 Å². The first-order valence-corrected chi connectivity index (χ1v) is 12.1. The quantitative estimate of drug-likeness (QED) is 0.287. The molecule has 1 saturated heterocycles. The van der Waals surface area contributed by atoms with Gasteiger partial charge in [0.05, 0.1) is 18.8 Å². The van der Waals surface area contributed by atoms with E-state index in [9.17, 15) is 14.0 Å². The summed E-state index contributed by atoms with van der Waals surface area (Å²) in [6.45, 7) is 4.61. The zero-order chi connectivity index (χ0) is 25.6. The van der Waals surface area contributed by atoms with E-state index in [-0.39, 0.29) is 5.56 Å². The first-order chi connectivity index (χ1) is 18.1. The highest BCUT2D eigenvalue weighted by atomic mass is 19.1. The number of benzene rings is 2. The van der Waals surface area contributed by atoms with Gasteiger partial charge in [-0.3, -0.25) is 14.5 Å². The molecule has 8 heteroatoms. The lowest BCUT2D eigenvalue weighted by molar-refractivity contribution is 0.0320. The number of ether oxygens (including phenoxy) is 2. The van der Waals surface area contributed by atoms with E-state index in [2.05, 4.69) is 14.9 Å². The molecule has 7 nitrogen and oxygen atoms in total. The highest BCUT2D eigenvalue weighted by molar-refractivity contribution is 6.15. The summed E-state index contributed by atoms with van der Waals surface area (Å²) in [5.74, 6) is -0.447. The molecule has 1 N–H and O–H groups in total. The van der Waals surface area contributed by atoms with Crippen molar-refractivity contribution in [2.24, 2.45) is 0 Å². The van der Waals surface area contributed by atoms with Gasteiger partial charge in [-0.2, -0.15) is 0 Å². The summed E-state index contributed by atoms with van der Waals surface area (Å²) < 4.78 is 25.2. The maximum absolute atomic E-state index is 14.1. The number of morpholine rings is 1. The van der Waals surface area contributed by atoms with Crippen molar-refractivity contribution in [3.8, 4) is 17.0 Å². The van der Waals surface area contributed by atoms with E-state index in [1.54, 1.807) is 36.5 Å². The van der Waals surface area contributed by atoms with Gasteiger partial charge in [0.25, 0.3) is 5.56 Å². The minimum atomic E-state index is -0.533. The van der Waals surface area contributed by atoms with E-state index in [4.69, 9.17) is 9.47 Å². The number of fused-ring (bicyclic) bond motifs is 1. The topological polar surface area (TPSA) is 84.5 Å². The summed E-state index contributed by atoms with van der Waals surface area (Å²) in [4.78, 5) is 35.5. The summed E-state index contributed by atoms with van der Waals surface area (Å²) in [5.41, 5.74) is 1.61. The maximum Gasteiger partial charge on any atom is 0.260 e. The number of ketones is 1. The monoisotopic (exact) mass is 499 g/mol. The van der Waals surface area contributed by atoms with Gasteiger partial charge in [0.15, 0.2) is 5.78 Å². The number of rotatable bonds is 8. The number of aromatic amines is 1. The summed E-state index contributed by atoms with van der Waals surface area (Å²) in [6.07, 6.45) is 4.53. The number of carbonyl (C=O) groups is 1. The molecule has 1 aliphatic heterocycles. The van der Waals surface area contributed by atoms with Crippen LogP contribution in [0.15, 0.2) is 77.7 Å². The van der Waals surface area contributed by atoms with Gasteiger partial charge in [0.1, 0.15) is 12.4 Å². The second-order valence-corrected chi connectivity index (χ2v) is 8.69. The molecule has 37 heavy (non-hydrogen) atoms. The number of pyridine rings is 2. The summed E-state index contributed by atoms with van der Waals surface area (Å²) in [5, 5.41) is 0.461. The number of nitrogens with one attached hydrogen (secondary N) is 1. The number of hydrogen-bond acceptors (Lipinski definition) is 6. The van der Waals surface area contributed by atoms with E-state index >= 15 is 0 Å². The number of allylic oxidation sites excluding steroid dienone is 1. The van der Waals surface area contributed by atoms with Gasteiger partial charge in [0, 0.05) is 48.4 Å². The van der Waals surface area contributed by atoms with Gasteiger partial charge in [0.2, 0.25) is 5.88 Å². The predicted octanol–water partition coefficient (Wildman–Crippen LogP) is 4.34. The third-order valence-electron chi connectivity index (χ3n) is 6.23. The number of hydrogen-bond donors (Lipinski definition) is 1. The average molecular weight is 500 g/mol. The molecule has 2 aromatic carbocycles. The standard InChI is InChI=1S/C29H26FN3O4/c30-22-8-9-24-23(18-22)27(21-4-2-1-3-5-21)28(29(35)32-24)25(34)10-6-20-7-11-26(31-19-20)37-17-14-33-12-15-36-16-13-33/h1-11,18-19H,12-17H2,(H,32,35)/b10-6+. The minimum Gasteiger partial charge on any atom is -0.476 e. The fourth-order valence-electron chi connectivity index (χ4n) is 4.34. The Kier molecular flexibility index (Phi) is 7.49. The number of H-pyrrole nitrogens is 1. The van der Waals surface area contributed by atoms with Crippen molar-refractivity contribution in [3.63, 3.8) is 0 Å². The Morgan fingerprint density at radius 2 is 1.92 bits per heavy atom. The Labute approximate surface area is 213 Å². The van der Waals surface area contributed by atoms with Crippen LogP contribution in [0, 0.1) is 5.82 Å². The van der Waals surface area contributed by atoms with Crippen LogP contribution in [0.4, 0.5) is 4.39 Å². The molecule has 0 spiro atoms. The molecule has 0 radical (unpaired) electrons. The van der Waals surface area contributed by atoms with E-state index in [1.165, 1.54) is 24.3 Å². The number of nitrogens with zero attached hydrogens (tertiary/aromatic N) is 2. The largest absolute Gasteiger partial charge is 0.476 e. The summed E-state index contributed by atoms with van der Waals surface area (Å²) in [7, 11) is 0. The third kappa shape index (κ3) is 5.82. The summed E-state index contributed by atoms with van der Waals surface area (Å²) >= 11 is 0. The SMILES string of the molecule is O=C(/C=C/c1ccc(OCCN2CCOCC2)nc1)c1c(-c2ccccc2)c2cc(F)ccc2[nH]c1=O. The molecule has 5 rings (SSSR count). The van der Waals surface area contributed by atoms with Crippen LogP contribution in [0.5, 0.6) is 5.88 Å². The first kappa shape index (κ1) is 24.5. The average Bonchev–Trinajstić information content (AvgIpc) is 2.93. The van der Waals surface area contributed by atoms with Crippen LogP contribution in [0.1, 0.15) is 15.9 Å². The van der Waals surface area contributed by atoms with E-state index in [0.29, 0.717) is 40.1 Å². The molecule has 3 heterocycles. The van der Waals surface area contributed by atoms with Gasteiger partial charge in [-0.1, -0.05) is 30.3 Å². The fraction of sp³-hybridized carbons (Fsp3) is 0.207. The van der Waals surface area contributed by atoms with Crippen molar-refractivity contribution in [1.82, 2.24) is 14.9 Å². The Bertz CT molecular complexity index is 1480. The molecule has 0 aliphatic carbocycles. The van der Waals surface area contributed by atoms with Crippen molar-refractivity contribution in [2.45, 2.75) is 0 Å². The lowest BCUT2D eigenvalue weighted by Gasteiger charge is -2.26. The van der Waals surface area contributed by atoms with Gasteiger partial charge in [-0.05, 0) is 47.5 Å². The van der Waals surface area contributed by atoms with Crippen molar-refractivity contribution >= 4 is 22.8 Å². The highest BCUT2D eigenvalue weighted by Gasteiger charge is 2.19. The molecular weight excluding hydrogens is 473 g/mol. The molecule has 1 fully saturated rings. The molecule has 0 bridgehead atoms. The van der Waals surface area contributed by atoms with E-state index in [0.717, 1.165) is 32.8 Å². The Morgan fingerprint density at radius 3 is 2.68 bits per heavy atom. The van der Waals surface area contributed by atoms with Gasteiger partial charge in [-0.15, -0.1) is 0 Å². The molecule has 0 saturated carbocycles. The van der Waals surface area contributed by atoms with Crippen LogP contribution >= 0.6 is 0 Å².